The van der Waals surface area contributed by atoms with E-state index in [1.54, 1.807) is 0 Å². The summed E-state index contributed by atoms with van der Waals surface area (Å²) in [4.78, 5) is 24.7. The Labute approximate surface area is 278 Å². The minimum absolute atomic E-state index is 0.104. The van der Waals surface area contributed by atoms with Gasteiger partial charge in [-0.05, 0) is 110 Å². The Morgan fingerprint density at radius 3 is 1.34 bits per heavy atom. The maximum absolute atomic E-state index is 12.3. The number of thiocarbonyl (C=S) groups is 2. The minimum Gasteiger partial charge on any atom is -0.341 e. The van der Waals surface area contributed by atoms with E-state index in [1.807, 2.05) is 100 Å². The number of carbonyl (C=O) groups is 2. The van der Waals surface area contributed by atoms with Gasteiger partial charge in [0.05, 0.1) is 11.5 Å². The van der Waals surface area contributed by atoms with Crippen molar-refractivity contribution >= 4 is 91.2 Å². The fourth-order valence-corrected chi connectivity index (χ4v) is 5.97. The molecule has 4 rings (SSSR count). The average molecular weight is 659 g/mol. The molecule has 44 heavy (non-hydrogen) atoms. The number of hydrogen-bond acceptors (Lipinski definition) is 6. The number of thioether (sulfide) groups is 2. The third-order valence-electron chi connectivity index (χ3n) is 6.53. The Kier molecular flexibility index (Phi) is 12.0. The molecule has 0 aromatic heterocycles. The van der Waals surface area contributed by atoms with Crippen LogP contribution >= 0.6 is 48.0 Å². The van der Waals surface area contributed by atoms with Gasteiger partial charge in [0.15, 0.2) is 0 Å². The molecule has 0 heterocycles. The van der Waals surface area contributed by atoms with Gasteiger partial charge in [-0.1, -0.05) is 84.4 Å². The lowest BCUT2D eigenvalue weighted by Gasteiger charge is -2.14. The molecule has 226 valence electrons. The maximum Gasteiger partial charge on any atom is 0.234 e. The largest absolute Gasteiger partial charge is 0.341 e. The van der Waals surface area contributed by atoms with Crippen LogP contribution in [0.4, 0.5) is 22.7 Å². The van der Waals surface area contributed by atoms with Gasteiger partial charge in [0.1, 0.15) is 8.64 Å². The molecule has 4 N–H and O–H groups in total. The van der Waals surface area contributed by atoms with Crippen molar-refractivity contribution in [2.75, 3.05) is 32.8 Å². The summed E-state index contributed by atoms with van der Waals surface area (Å²) in [6.45, 7) is 8.02. The zero-order chi connectivity index (χ0) is 31.6. The normalized spacial score (nSPS) is 10.5. The lowest BCUT2D eigenvalue weighted by atomic mass is 10.00. The lowest BCUT2D eigenvalue weighted by Crippen LogP contribution is -2.17. The predicted octanol–water partition coefficient (Wildman–Crippen LogP) is 8.72. The van der Waals surface area contributed by atoms with Gasteiger partial charge in [-0.2, -0.15) is 0 Å². The molecule has 0 aliphatic carbocycles. The Morgan fingerprint density at radius 2 is 0.977 bits per heavy atom. The van der Waals surface area contributed by atoms with E-state index in [4.69, 9.17) is 24.4 Å². The van der Waals surface area contributed by atoms with E-state index in [1.165, 1.54) is 23.5 Å². The van der Waals surface area contributed by atoms with Crippen molar-refractivity contribution in [1.29, 1.82) is 0 Å². The van der Waals surface area contributed by atoms with Crippen molar-refractivity contribution in [3.8, 4) is 11.1 Å². The quantitative estimate of drug-likeness (QED) is 0.133. The first-order valence-electron chi connectivity index (χ1n) is 13.9. The summed E-state index contributed by atoms with van der Waals surface area (Å²) in [6.07, 6.45) is 0. The molecule has 4 aromatic rings. The number of benzene rings is 4. The van der Waals surface area contributed by atoms with E-state index in [0.29, 0.717) is 8.64 Å². The number of rotatable bonds is 9. The molecule has 0 aliphatic rings. The van der Waals surface area contributed by atoms with E-state index in [9.17, 15) is 9.59 Å². The summed E-state index contributed by atoms with van der Waals surface area (Å²) in [5, 5.41) is 12.3. The van der Waals surface area contributed by atoms with Crippen LogP contribution in [-0.4, -0.2) is 32.0 Å². The highest BCUT2D eigenvalue weighted by molar-refractivity contribution is 8.24. The molecule has 10 heteroatoms. The fourth-order valence-electron chi connectivity index (χ4n) is 4.36. The van der Waals surface area contributed by atoms with Crippen LogP contribution in [0.5, 0.6) is 0 Å². The molecule has 4 aromatic carbocycles. The van der Waals surface area contributed by atoms with Crippen LogP contribution in [-0.2, 0) is 9.59 Å². The molecule has 0 unspecified atom stereocenters. The van der Waals surface area contributed by atoms with Crippen molar-refractivity contribution in [3.05, 3.63) is 107 Å². The molecule has 0 radical (unpaired) electrons. The Balaban J connectivity index is 1.27. The first-order valence-corrected chi connectivity index (χ1v) is 16.7. The summed E-state index contributed by atoms with van der Waals surface area (Å²) in [6, 6.07) is 27.7. The summed E-state index contributed by atoms with van der Waals surface area (Å²) in [7, 11) is 0. The maximum atomic E-state index is 12.3. The van der Waals surface area contributed by atoms with Gasteiger partial charge in [0, 0.05) is 22.7 Å². The first-order chi connectivity index (χ1) is 21.0. The second kappa shape index (κ2) is 15.9. The second-order valence-electron chi connectivity index (χ2n) is 10.3. The standard InChI is InChI=1S/C34H34N4O2S4/c1-21-7-5-9-27(15-21)35-31(39)19-43-33(41)37-29-13-11-25(17-23(29)3)26-12-14-30(24(4)18-26)38-34(42)44-20-32(40)36-28-10-6-8-22(2)16-28/h5-18H,19-20H2,1-4H3,(H,35,39)(H,36,40)(H,37,41)(H,38,42). The van der Waals surface area contributed by atoms with Crippen molar-refractivity contribution in [2.24, 2.45) is 0 Å². The molecular formula is C34H34N4O2S4. The van der Waals surface area contributed by atoms with Gasteiger partial charge in [-0.3, -0.25) is 9.59 Å². The molecule has 2 amide bonds. The molecule has 0 fully saturated rings. The monoisotopic (exact) mass is 658 g/mol. The zero-order valence-electron chi connectivity index (χ0n) is 24.9. The third kappa shape index (κ3) is 10.2. The van der Waals surface area contributed by atoms with Crippen molar-refractivity contribution in [2.45, 2.75) is 27.7 Å². The van der Waals surface area contributed by atoms with Gasteiger partial charge >= 0.3 is 0 Å². The van der Waals surface area contributed by atoms with Crippen molar-refractivity contribution < 1.29 is 9.59 Å². The average Bonchev–Trinajstić information content (AvgIpc) is 2.97. The highest BCUT2D eigenvalue weighted by Gasteiger charge is 2.11. The van der Waals surface area contributed by atoms with Crippen LogP contribution in [0.15, 0.2) is 84.9 Å². The number of anilines is 4. The first kappa shape index (κ1) is 33.2. The third-order valence-corrected chi connectivity index (χ3v) is 8.98. The topological polar surface area (TPSA) is 82.3 Å². The highest BCUT2D eigenvalue weighted by atomic mass is 32.2. The molecule has 0 bridgehead atoms. The lowest BCUT2D eigenvalue weighted by molar-refractivity contribution is -0.114. The summed E-state index contributed by atoms with van der Waals surface area (Å²) in [5.41, 5.74) is 9.75. The second-order valence-corrected chi connectivity index (χ2v) is 13.6. The van der Waals surface area contributed by atoms with Crippen LogP contribution in [0.2, 0.25) is 0 Å². The Bertz CT molecular complexity index is 1580. The van der Waals surface area contributed by atoms with Gasteiger partial charge < -0.3 is 21.3 Å². The zero-order valence-corrected chi connectivity index (χ0v) is 28.2. The van der Waals surface area contributed by atoms with Gasteiger partial charge in [0.25, 0.3) is 0 Å². The smallest absolute Gasteiger partial charge is 0.234 e. The number of nitrogens with one attached hydrogen (secondary N) is 4. The van der Waals surface area contributed by atoms with Gasteiger partial charge in [0.2, 0.25) is 11.8 Å². The van der Waals surface area contributed by atoms with E-state index >= 15 is 0 Å². The summed E-state index contributed by atoms with van der Waals surface area (Å²) >= 11 is 13.6. The van der Waals surface area contributed by atoms with Crippen molar-refractivity contribution in [3.63, 3.8) is 0 Å². The summed E-state index contributed by atoms with van der Waals surface area (Å²) < 4.78 is 1.07. The Hall–Kier alpha value is -3.70. The number of hydrogen-bond donors (Lipinski definition) is 4. The van der Waals surface area contributed by atoms with Gasteiger partial charge in [-0.15, -0.1) is 0 Å². The van der Waals surface area contributed by atoms with Crippen LogP contribution < -0.4 is 21.3 Å². The number of aryl methyl sites for hydroxylation is 4. The van der Waals surface area contributed by atoms with Crippen LogP contribution in [0.3, 0.4) is 0 Å². The van der Waals surface area contributed by atoms with E-state index < -0.39 is 0 Å². The van der Waals surface area contributed by atoms with Crippen LogP contribution in [0, 0.1) is 27.7 Å². The van der Waals surface area contributed by atoms with Crippen LogP contribution in [0.1, 0.15) is 22.3 Å². The highest BCUT2D eigenvalue weighted by Crippen LogP contribution is 2.29. The predicted molar refractivity (Wildman–Crippen MR) is 198 cm³/mol. The number of carbonyl (C=O) groups excluding carboxylic acids is 2. The molecule has 0 saturated carbocycles. The molecule has 6 nitrogen and oxygen atoms in total. The van der Waals surface area contributed by atoms with E-state index in [-0.39, 0.29) is 23.3 Å². The fraction of sp³-hybridized carbons (Fsp3) is 0.176. The summed E-state index contributed by atoms with van der Waals surface area (Å²) in [5.74, 6) is 0.235. The minimum atomic E-state index is -0.104. The SMILES string of the molecule is Cc1cccc(NC(=O)CSC(=S)Nc2ccc(-c3ccc(NC(=S)SCC(=O)Nc4cccc(C)c4)c(C)c3)cc2C)c1. The van der Waals surface area contributed by atoms with Gasteiger partial charge in [-0.25, -0.2) is 0 Å². The molecular weight excluding hydrogens is 625 g/mol. The Morgan fingerprint density at radius 1 is 0.568 bits per heavy atom. The molecule has 0 spiro atoms. The molecule has 0 saturated heterocycles. The van der Waals surface area contributed by atoms with E-state index in [0.717, 1.165) is 56.1 Å². The van der Waals surface area contributed by atoms with Crippen LogP contribution in [0.25, 0.3) is 11.1 Å². The molecule has 0 atom stereocenters. The van der Waals surface area contributed by atoms with Crippen molar-refractivity contribution in [1.82, 2.24) is 0 Å². The van der Waals surface area contributed by atoms with E-state index in [2.05, 4.69) is 33.4 Å². The number of amides is 2. The molecule has 0 aliphatic heterocycles.